The van der Waals surface area contributed by atoms with E-state index in [1.54, 1.807) is 23.5 Å². The van der Waals surface area contributed by atoms with Crippen LogP contribution < -0.4 is 5.32 Å². The highest BCUT2D eigenvalue weighted by Crippen LogP contribution is 2.27. The van der Waals surface area contributed by atoms with Crippen LogP contribution in [0, 0.1) is 0 Å². The molecule has 3 rings (SSSR count). The predicted octanol–water partition coefficient (Wildman–Crippen LogP) is 2.77. The van der Waals surface area contributed by atoms with Crippen molar-refractivity contribution < 1.29 is 5.11 Å². The standard InChI is InChI=1S/C13H14N2OS/c16-12-3-1-2-9(6-12)13-15-11(8-17-13)7-14-10-4-5-10/h1-3,6,8,10,14,16H,4-5,7H2. The van der Waals surface area contributed by atoms with Crippen molar-refractivity contribution in [2.45, 2.75) is 25.4 Å². The zero-order valence-electron chi connectivity index (χ0n) is 9.39. The van der Waals surface area contributed by atoms with Gasteiger partial charge < -0.3 is 10.4 Å². The molecule has 17 heavy (non-hydrogen) atoms. The van der Waals surface area contributed by atoms with Crippen LogP contribution in [-0.2, 0) is 6.54 Å². The van der Waals surface area contributed by atoms with Crippen LogP contribution in [0.4, 0.5) is 0 Å². The molecule has 0 bridgehead atoms. The summed E-state index contributed by atoms with van der Waals surface area (Å²) in [7, 11) is 0. The van der Waals surface area contributed by atoms with E-state index in [4.69, 9.17) is 0 Å². The molecule has 4 heteroatoms. The average Bonchev–Trinajstić information content (AvgIpc) is 3.04. The lowest BCUT2D eigenvalue weighted by atomic mass is 10.2. The van der Waals surface area contributed by atoms with Crippen molar-refractivity contribution in [3.05, 3.63) is 35.3 Å². The van der Waals surface area contributed by atoms with E-state index in [9.17, 15) is 5.11 Å². The Morgan fingerprint density at radius 3 is 3.06 bits per heavy atom. The van der Waals surface area contributed by atoms with Crippen LogP contribution in [0.3, 0.4) is 0 Å². The molecule has 1 aliphatic carbocycles. The number of hydrogen-bond donors (Lipinski definition) is 2. The minimum absolute atomic E-state index is 0.287. The maximum Gasteiger partial charge on any atom is 0.123 e. The Labute approximate surface area is 104 Å². The zero-order valence-corrected chi connectivity index (χ0v) is 10.2. The number of benzene rings is 1. The van der Waals surface area contributed by atoms with E-state index in [1.165, 1.54) is 12.8 Å². The van der Waals surface area contributed by atoms with Gasteiger partial charge in [-0.1, -0.05) is 12.1 Å². The van der Waals surface area contributed by atoms with Crippen LogP contribution >= 0.6 is 11.3 Å². The van der Waals surface area contributed by atoms with Crippen molar-refractivity contribution in [1.82, 2.24) is 10.3 Å². The zero-order chi connectivity index (χ0) is 11.7. The fraction of sp³-hybridized carbons (Fsp3) is 0.308. The molecule has 1 fully saturated rings. The lowest BCUT2D eigenvalue weighted by Crippen LogP contribution is -2.15. The molecule has 1 aromatic carbocycles. The minimum Gasteiger partial charge on any atom is -0.508 e. The monoisotopic (exact) mass is 246 g/mol. The predicted molar refractivity (Wildman–Crippen MR) is 69.1 cm³/mol. The maximum atomic E-state index is 9.43. The average molecular weight is 246 g/mol. The fourth-order valence-electron chi connectivity index (χ4n) is 1.70. The summed E-state index contributed by atoms with van der Waals surface area (Å²) >= 11 is 1.62. The van der Waals surface area contributed by atoms with Crippen molar-refractivity contribution in [2.24, 2.45) is 0 Å². The van der Waals surface area contributed by atoms with E-state index in [0.717, 1.165) is 22.8 Å². The van der Waals surface area contributed by atoms with Gasteiger partial charge in [0.2, 0.25) is 0 Å². The van der Waals surface area contributed by atoms with Gasteiger partial charge in [0.05, 0.1) is 5.69 Å². The highest BCUT2D eigenvalue weighted by molar-refractivity contribution is 7.13. The topological polar surface area (TPSA) is 45.2 Å². The molecule has 1 saturated carbocycles. The first-order valence-corrected chi connectivity index (χ1v) is 6.66. The first-order valence-electron chi connectivity index (χ1n) is 5.78. The molecule has 3 nitrogen and oxygen atoms in total. The van der Waals surface area contributed by atoms with Gasteiger partial charge >= 0.3 is 0 Å². The van der Waals surface area contributed by atoms with Crippen LogP contribution in [0.15, 0.2) is 29.6 Å². The molecule has 1 heterocycles. The largest absolute Gasteiger partial charge is 0.508 e. The lowest BCUT2D eigenvalue weighted by Gasteiger charge is -1.98. The Hall–Kier alpha value is -1.39. The SMILES string of the molecule is Oc1cccc(-c2nc(CNC3CC3)cs2)c1. The summed E-state index contributed by atoms with van der Waals surface area (Å²) < 4.78 is 0. The van der Waals surface area contributed by atoms with Gasteiger partial charge in [-0.05, 0) is 25.0 Å². The van der Waals surface area contributed by atoms with E-state index in [1.807, 2.05) is 12.1 Å². The molecule has 88 valence electrons. The number of phenolic OH excluding ortho intramolecular Hbond substituents is 1. The Morgan fingerprint density at radius 2 is 2.29 bits per heavy atom. The smallest absolute Gasteiger partial charge is 0.123 e. The van der Waals surface area contributed by atoms with Crippen molar-refractivity contribution in [1.29, 1.82) is 0 Å². The summed E-state index contributed by atoms with van der Waals surface area (Å²) in [5.41, 5.74) is 2.06. The molecule has 0 spiro atoms. The summed E-state index contributed by atoms with van der Waals surface area (Å²) in [6.45, 7) is 0.847. The van der Waals surface area contributed by atoms with Gasteiger partial charge in [0.15, 0.2) is 0 Å². The Bertz CT molecular complexity index is 520. The van der Waals surface area contributed by atoms with Crippen molar-refractivity contribution in [2.75, 3.05) is 0 Å². The van der Waals surface area contributed by atoms with Crippen LogP contribution in [0.1, 0.15) is 18.5 Å². The van der Waals surface area contributed by atoms with Gasteiger partial charge in [0.1, 0.15) is 10.8 Å². The maximum absolute atomic E-state index is 9.43. The molecule has 0 aliphatic heterocycles. The first kappa shape index (κ1) is 10.7. The quantitative estimate of drug-likeness (QED) is 0.872. The minimum atomic E-state index is 0.287. The van der Waals surface area contributed by atoms with E-state index in [-0.39, 0.29) is 5.75 Å². The number of thiazole rings is 1. The van der Waals surface area contributed by atoms with Gasteiger partial charge in [-0.3, -0.25) is 0 Å². The molecule has 0 radical (unpaired) electrons. The number of hydrogen-bond acceptors (Lipinski definition) is 4. The van der Waals surface area contributed by atoms with Crippen LogP contribution in [0.5, 0.6) is 5.75 Å². The van der Waals surface area contributed by atoms with Gasteiger partial charge in [0.25, 0.3) is 0 Å². The third kappa shape index (κ3) is 2.65. The summed E-state index contributed by atoms with van der Waals surface area (Å²) in [6.07, 6.45) is 2.59. The number of phenols is 1. The number of nitrogens with one attached hydrogen (secondary N) is 1. The molecular weight excluding hydrogens is 232 g/mol. The summed E-state index contributed by atoms with van der Waals surface area (Å²) in [4.78, 5) is 4.57. The normalized spacial score (nSPS) is 15.1. The van der Waals surface area contributed by atoms with Gasteiger partial charge in [-0.25, -0.2) is 4.98 Å². The molecule has 0 saturated heterocycles. The van der Waals surface area contributed by atoms with E-state index >= 15 is 0 Å². The highest BCUT2D eigenvalue weighted by atomic mass is 32.1. The lowest BCUT2D eigenvalue weighted by molar-refractivity contribution is 0.475. The molecule has 0 unspecified atom stereocenters. The molecule has 1 aromatic heterocycles. The molecule has 0 amide bonds. The first-order chi connectivity index (χ1) is 8.31. The second-order valence-electron chi connectivity index (χ2n) is 4.35. The highest BCUT2D eigenvalue weighted by Gasteiger charge is 2.20. The third-order valence-electron chi connectivity index (χ3n) is 2.79. The van der Waals surface area contributed by atoms with Crippen molar-refractivity contribution >= 4 is 11.3 Å². The Balaban J connectivity index is 1.74. The molecule has 2 aromatic rings. The number of aromatic hydroxyl groups is 1. The summed E-state index contributed by atoms with van der Waals surface area (Å²) in [6, 6.07) is 7.94. The number of aromatic nitrogens is 1. The van der Waals surface area contributed by atoms with Crippen molar-refractivity contribution in [3.8, 4) is 16.3 Å². The van der Waals surface area contributed by atoms with Gasteiger partial charge in [-0.2, -0.15) is 0 Å². The Kier molecular flexibility index (Phi) is 2.82. The van der Waals surface area contributed by atoms with Crippen LogP contribution in [0.25, 0.3) is 10.6 Å². The molecule has 1 aliphatic rings. The summed E-state index contributed by atoms with van der Waals surface area (Å²) in [5.74, 6) is 0.287. The fourth-order valence-corrected chi connectivity index (χ4v) is 2.51. The van der Waals surface area contributed by atoms with Crippen molar-refractivity contribution in [3.63, 3.8) is 0 Å². The van der Waals surface area contributed by atoms with Crippen LogP contribution in [-0.4, -0.2) is 16.1 Å². The van der Waals surface area contributed by atoms with Crippen LogP contribution in [0.2, 0.25) is 0 Å². The van der Waals surface area contributed by atoms with E-state index in [0.29, 0.717) is 6.04 Å². The summed E-state index contributed by atoms with van der Waals surface area (Å²) in [5, 5.41) is 15.9. The van der Waals surface area contributed by atoms with Gasteiger partial charge in [-0.15, -0.1) is 11.3 Å². The Morgan fingerprint density at radius 1 is 1.41 bits per heavy atom. The second kappa shape index (κ2) is 4.47. The molecule has 2 N–H and O–H groups in total. The van der Waals surface area contributed by atoms with E-state index in [2.05, 4.69) is 15.7 Å². The second-order valence-corrected chi connectivity index (χ2v) is 5.21. The van der Waals surface area contributed by atoms with Gasteiger partial charge in [0, 0.05) is 23.5 Å². The third-order valence-corrected chi connectivity index (χ3v) is 3.73. The molecular formula is C13H14N2OS. The number of rotatable bonds is 4. The molecule has 0 atom stereocenters. The number of nitrogens with zero attached hydrogens (tertiary/aromatic N) is 1. The van der Waals surface area contributed by atoms with E-state index < -0.39 is 0 Å².